The normalized spacial score (nSPS) is 15.2. The zero-order chi connectivity index (χ0) is 17.0. The molecule has 1 N–H and O–H groups in total. The number of ether oxygens (including phenoxy) is 1. The first kappa shape index (κ1) is 16.9. The fourth-order valence-electron chi connectivity index (χ4n) is 2.05. The molecule has 0 unspecified atom stereocenters. The summed E-state index contributed by atoms with van der Waals surface area (Å²) in [5.41, 5.74) is 1.79. The highest BCUT2D eigenvalue weighted by Gasteiger charge is 2.19. The van der Waals surface area contributed by atoms with E-state index in [9.17, 15) is 8.42 Å². The summed E-state index contributed by atoms with van der Waals surface area (Å²) in [5.74, 6) is 2.88. The number of aryl methyl sites for hydroxylation is 1. The first-order chi connectivity index (χ1) is 11.5. The molecule has 0 aromatic heterocycles. The molecule has 1 aliphatic heterocycles. The molecule has 5 nitrogen and oxygen atoms in total. The first-order valence-corrected chi connectivity index (χ1v) is 10.1. The molecule has 0 bridgehead atoms. The highest BCUT2D eigenvalue weighted by atomic mass is 32.2. The monoisotopic (exact) mass is 362 g/mol. The number of hydrazone groups is 1. The van der Waals surface area contributed by atoms with Gasteiger partial charge in [-0.3, -0.25) is 0 Å². The van der Waals surface area contributed by atoms with Gasteiger partial charge in [0.25, 0.3) is 10.0 Å². The van der Waals surface area contributed by atoms with E-state index in [2.05, 4.69) is 9.93 Å². The molecule has 0 spiro atoms. The van der Waals surface area contributed by atoms with Crippen LogP contribution in [0.1, 0.15) is 11.1 Å². The topological polar surface area (TPSA) is 67.8 Å². The Bertz CT molecular complexity index is 812. The highest BCUT2D eigenvalue weighted by Crippen LogP contribution is 2.23. The summed E-state index contributed by atoms with van der Waals surface area (Å²) < 4.78 is 30.0. The van der Waals surface area contributed by atoms with Crippen LogP contribution in [0.2, 0.25) is 0 Å². The maximum atomic E-state index is 12.1. The molecular formula is C17H18N2O3S2. The molecule has 2 aromatic rings. The van der Waals surface area contributed by atoms with E-state index in [1.807, 2.05) is 43.0 Å². The van der Waals surface area contributed by atoms with Crippen molar-refractivity contribution in [2.75, 3.05) is 11.5 Å². The van der Waals surface area contributed by atoms with Crippen LogP contribution in [0, 0.1) is 6.92 Å². The van der Waals surface area contributed by atoms with Crippen molar-refractivity contribution in [3.8, 4) is 5.75 Å². The van der Waals surface area contributed by atoms with E-state index in [4.69, 9.17) is 4.74 Å². The quantitative estimate of drug-likeness (QED) is 0.634. The minimum atomic E-state index is -3.64. The summed E-state index contributed by atoms with van der Waals surface area (Å²) in [4.78, 5) is 2.40. The fraction of sp³-hybridized carbons (Fsp3) is 0.235. The summed E-state index contributed by atoms with van der Waals surface area (Å²) in [6, 6.07) is 14.0. The Morgan fingerprint density at radius 2 is 1.79 bits per heavy atom. The van der Waals surface area contributed by atoms with E-state index in [1.54, 1.807) is 24.3 Å². The van der Waals surface area contributed by atoms with Crippen molar-refractivity contribution in [3.63, 3.8) is 0 Å². The Morgan fingerprint density at radius 1 is 1.12 bits per heavy atom. The molecule has 0 aliphatic carbocycles. The molecule has 7 heteroatoms. The predicted octanol–water partition coefficient (Wildman–Crippen LogP) is 2.80. The van der Waals surface area contributed by atoms with Crippen molar-refractivity contribution in [1.82, 2.24) is 4.83 Å². The van der Waals surface area contributed by atoms with Crippen molar-refractivity contribution in [2.24, 2.45) is 5.10 Å². The SMILES string of the molecule is Cc1ccc(S(=O)(=O)N/N=C/c2ccc(OC3CSC3)cc2)cc1. The summed E-state index contributed by atoms with van der Waals surface area (Å²) in [6.07, 6.45) is 1.77. The number of sulfonamides is 1. The number of benzene rings is 2. The van der Waals surface area contributed by atoms with Gasteiger partial charge in [-0.1, -0.05) is 17.7 Å². The molecule has 2 aromatic carbocycles. The standard InChI is InChI=1S/C17H18N2O3S2/c1-13-2-8-17(9-3-13)24(20,21)19-18-10-14-4-6-15(7-5-14)22-16-11-23-12-16/h2-10,16,19H,11-12H2,1H3/b18-10+. The van der Waals surface area contributed by atoms with Crippen molar-refractivity contribution in [1.29, 1.82) is 0 Å². The van der Waals surface area contributed by atoms with E-state index in [0.717, 1.165) is 28.4 Å². The molecule has 126 valence electrons. The minimum Gasteiger partial charge on any atom is -0.489 e. The average Bonchev–Trinajstić information content (AvgIpc) is 2.52. The second-order valence-corrected chi connectivity index (χ2v) is 8.25. The molecule has 1 saturated heterocycles. The lowest BCUT2D eigenvalue weighted by Crippen LogP contribution is -2.30. The molecule has 1 fully saturated rings. The van der Waals surface area contributed by atoms with E-state index in [-0.39, 0.29) is 4.90 Å². The third-order valence-corrected chi connectivity index (χ3v) is 5.96. The molecule has 24 heavy (non-hydrogen) atoms. The largest absolute Gasteiger partial charge is 0.489 e. The first-order valence-electron chi connectivity index (χ1n) is 7.49. The molecule has 0 amide bonds. The van der Waals surface area contributed by atoms with Gasteiger partial charge in [0, 0.05) is 11.5 Å². The predicted molar refractivity (Wildman–Crippen MR) is 97.3 cm³/mol. The summed E-state index contributed by atoms with van der Waals surface area (Å²) in [5, 5.41) is 3.82. The van der Waals surface area contributed by atoms with Crippen LogP contribution >= 0.6 is 11.8 Å². The van der Waals surface area contributed by atoms with Gasteiger partial charge in [0.2, 0.25) is 0 Å². The Morgan fingerprint density at radius 3 is 2.38 bits per heavy atom. The Kier molecular flexibility index (Phi) is 5.11. The van der Waals surface area contributed by atoms with Crippen LogP contribution in [-0.4, -0.2) is 32.2 Å². The van der Waals surface area contributed by atoms with Crippen LogP contribution < -0.4 is 9.57 Å². The number of nitrogens with one attached hydrogen (secondary N) is 1. The van der Waals surface area contributed by atoms with Crippen LogP contribution in [0.3, 0.4) is 0 Å². The van der Waals surface area contributed by atoms with E-state index < -0.39 is 10.0 Å². The van der Waals surface area contributed by atoms with Gasteiger partial charge in [-0.15, -0.1) is 0 Å². The number of hydrogen-bond donors (Lipinski definition) is 1. The smallest absolute Gasteiger partial charge is 0.276 e. The van der Waals surface area contributed by atoms with Gasteiger partial charge in [-0.05, 0) is 48.9 Å². The molecule has 1 heterocycles. The third kappa shape index (κ3) is 4.30. The lowest BCUT2D eigenvalue weighted by atomic mass is 10.2. The maximum absolute atomic E-state index is 12.1. The van der Waals surface area contributed by atoms with Gasteiger partial charge in [-0.2, -0.15) is 25.3 Å². The second-order valence-electron chi connectivity index (χ2n) is 5.51. The number of rotatable bonds is 6. The van der Waals surface area contributed by atoms with Gasteiger partial charge >= 0.3 is 0 Å². The van der Waals surface area contributed by atoms with Crippen LogP contribution in [0.25, 0.3) is 0 Å². The second kappa shape index (κ2) is 7.27. The van der Waals surface area contributed by atoms with Crippen molar-refractivity contribution < 1.29 is 13.2 Å². The summed E-state index contributed by atoms with van der Waals surface area (Å²) in [6.45, 7) is 1.90. The zero-order valence-corrected chi connectivity index (χ0v) is 14.8. The van der Waals surface area contributed by atoms with Gasteiger partial charge in [0.1, 0.15) is 11.9 Å². The molecule has 0 atom stereocenters. The Hall–Kier alpha value is -1.99. The number of thioether (sulfide) groups is 1. The third-order valence-electron chi connectivity index (χ3n) is 3.51. The average molecular weight is 362 g/mol. The molecule has 3 rings (SSSR count). The Labute approximate surface area is 146 Å². The fourth-order valence-corrected chi connectivity index (χ4v) is 3.40. The maximum Gasteiger partial charge on any atom is 0.276 e. The Balaban J connectivity index is 1.59. The van der Waals surface area contributed by atoms with Gasteiger partial charge in [0.05, 0.1) is 11.1 Å². The van der Waals surface area contributed by atoms with Gasteiger partial charge < -0.3 is 4.74 Å². The van der Waals surface area contributed by atoms with Crippen molar-refractivity contribution in [3.05, 3.63) is 59.7 Å². The number of hydrogen-bond acceptors (Lipinski definition) is 5. The molecule has 0 saturated carbocycles. The number of nitrogens with zero attached hydrogens (tertiary/aromatic N) is 1. The van der Waals surface area contributed by atoms with Crippen LogP contribution in [0.15, 0.2) is 58.5 Å². The van der Waals surface area contributed by atoms with E-state index in [1.165, 1.54) is 6.21 Å². The lowest BCUT2D eigenvalue weighted by Gasteiger charge is -2.25. The van der Waals surface area contributed by atoms with Crippen LogP contribution in [0.5, 0.6) is 5.75 Å². The van der Waals surface area contributed by atoms with E-state index >= 15 is 0 Å². The summed E-state index contributed by atoms with van der Waals surface area (Å²) >= 11 is 1.87. The molecule has 0 radical (unpaired) electrons. The summed E-state index contributed by atoms with van der Waals surface area (Å²) in [7, 11) is -3.64. The minimum absolute atomic E-state index is 0.187. The van der Waals surface area contributed by atoms with Crippen LogP contribution in [-0.2, 0) is 10.0 Å². The molecule has 1 aliphatic rings. The zero-order valence-electron chi connectivity index (χ0n) is 13.2. The van der Waals surface area contributed by atoms with Gasteiger partial charge in [-0.25, -0.2) is 4.83 Å². The highest BCUT2D eigenvalue weighted by molar-refractivity contribution is 8.00. The van der Waals surface area contributed by atoms with Crippen molar-refractivity contribution in [2.45, 2.75) is 17.9 Å². The van der Waals surface area contributed by atoms with Crippen molar-refractivity contribution >= 4 is 28.0 Å². The van der Waals surface area contributed by atoms with Gasteiger partial charge in [0.15, 0.2) is 0 Å². The van der Waals surface area contributed by atoms with E-state index in [0.29, 0.717) is 6.10 Å². The lowest BCUT2D eigenvalue weighted by molar-refractivity contribution is 0.240. The molecular weight excluding hydrogens is 344 g/mol. The van der Waals surface area contributed by atoms with Crippen LogP contribution in [0.4, 0.5) is 0 Å².